The van der Waals surface area contributed by atoms with Crippen molar-refractivity contribution in [2.75, 3.05) is 24.2 Å². The smallest absolute Gasteiger partial charge is 0.330 e. The minimum absolute atomic E-state index is 0.166. The monoisotopic (exact) mass is 282 g/mol. The van der Waals surface area contributed by atoms with Gasteiger partial charge in [-0.15, -0.1) is 0 Å². The van der Waals surface area contributed by atoms with Crippen LogP contribution in [0.2, 0.25) is 0 Å². The topological polar surface area (TPSA) is 113 Å². The lowest BCUT2D eigenvalue weighted by Gasteiger charge is -2.19. The molecule has 0 radical (unpaired) electrons. The second-order valence-electron chi connectivity index (χ2n) is 5.28. The van der Waals surface area contributed by atoms with Crippen LogP contribution in [0, 0.1) is 11.8 Å². The van der Waals surface area contributed by atoms with Gasteiger partial charge in [-0.2, -0.15) is 0 Å². The van der Waals surface area contributed by atoms with Gasteiger partial charge in [0.05, 0.1) is 0 Å². The number of aromatic nitrogens is 2. The highest BCUT2D eigenvalue weighted by atomic mass is 16.3. The van der Waals surface area contributed by atoms with Crippen molar-refractivity contribution in [1.29, 1.82) is 0 Å². The van der Waals surface area contributed by atoms with Gasteiger partial charge in [0.25, 0.3) is 5.56 Å². The number of H-pyrrole nitrogens is 1. The van der Waals surface area contributed by atoms with Crippen molar-refractivity contribution in [1.82, 2.24) is 9.55 Å². The first kappa shape index (κ1) is 14.6. The van der Waals surface area contributed by atoms with Gasteiger partial charge in [0, 0.05) is 19.7 Å². The van der Waals surface area contributed by atoms with Gasteiger partial charge < -0.3 is 16.2 Å². The number of hydrogen-bond acceptors (Lipinski definition) is 5. The molecule has 7 nitrogen and oxygen atoms in total. The largest absolute Gasteiger partial charge is 0.396 e. The number of aliphatic hydroxyl groups is 1. The highest BCUT2D eigenvalue weighted by molar-refractivity contribution is 5.60. The summed E-state index contributed by atoms with van der Waals surface area (Å²) in [7, 11) is 0. The Bertz CT molecular complexity index is 578. The summed E-state index contributed by atoms with van der Waals surface area (Å²) in [5, 5.41) is 12.3. The molecule has 1 saturated carbocycles. The number of rotatable bonds is 5. The molecule has 0 amide bonds. The van der Waals surface area contributed by atoms with Gasteiger partial charge in [0.2, 0.25) is 0 Å². The molecule has 5 N–H and O–H groups in total. The molecule has 20 heavy (non-hydrogen) atoms. The SMILES string of the molecule is CCn1c(N)c(NCC2CCCC2CO)c(=O)[nH]c1=O. The number of hydrogen-bond donors (Lipinski definition) is 4. The predicted octanol–water partition coefficient (Wildman–Crippen LogP) is -0.0408. The van der Waals surface area contributed by atoms with Crippen molar-refractivity contribution in [2.45, 2.75) is 32.7 Å². The molecule has 0 bridgehead atoms. The van der Waals surface area contributed by atoms with E-state index in [1.807, 2.05) is 0 Å². The number of nitrogen functional groups attached to an aromatic ring is 1. The Morgan fingerprint density at radius 1 is 1.40 bits per heavy atom. The number of anilines is 2. The summed E-state index contributed by atoms with van der Waals surface area (Å²) in [5.74, 6) is 0.778. The van der Waals surface area contributed by atoms with Crippen LogP contribution in [0.4, 0.5) is 11.5 Å². The number of nitrogens with one attached hydrogen (secondary N) is 2. The lowest BCUT2D eigenvalue weighted by molar-refractivity contribution is 0.199. The van der Waals surface area contributed by atoms with Crippen LogP contribution < -0.4 is 22.3 Å². The van der Waals surface area contributed by atoms with Crippen LogP contribution in [-0.4, -0.2) is 27.8 Å². The van der Waals surface area contributed by atoms with Crippen LogP contribution >= 0.6 is 0 Å². The van der Waals surface area contributed by atoms with Gasteiger partial charge in [0.15, 0.2) is 0 Å². The minimum Gasteiger partial charge on any atom is -0.396 e. The summed E-state index contributed by atoms with van der Waals surface area (Å²) >= 11 is 0. The maximum Gasteiger partial charge on any atom is 0.330 e. The Morgan fingerprint density at radius 3 is 2.75 bits per heavy atom. The van der Waals surface area contributed by atoms with Gasteiger partial charge in [-0.05, 0) is 31.6 Å². The zero-order chi connectivity index (χ0) is 14.7. The van der Waals surface area contributed by atoms with Gasteiger partial charge >= 0.3 is 5.69 Å². The molecular formula is C13H22N4O3. The summed E-state index contributed by atoms with van der Waals surface area (Å²) in [5.41, 5.74) is 5.14. The fourth-order valence-corrected chi connectivity index (χ4v) is 2.93. The highest BCUT2D eigenvalue weighted by Gasteiger charge is 2.26. The van der Waals surface area contributed by atoms with Gasteiger partial charge in [-0.25, -0.2) is 4.79 Å². The van der Waals surface area contributed by atoms with Gasteiger partial charge in [0.1, 0.15) is 11.5 Å². The summed E-state index contributed by atoms with van der Waals surface area (Å²) in [6.07, 6.45) is 3.14. The first-order chi connectivity index (χ1) is 9.58. The van der Waals surface area contributed by atoms with E-state index < -0.39 is 11.2 Å². The standard InChI is InChI=1S/C13H22N4O3/c1-2-17-11(14)10(12(19)16-13(17)20)15-6-8-4-3-5-9(8)7-18/h8-9,15,18H,2-7,14H2,1H3,(H,16,19,20). The fourth-order valence-electron chi connectivity index (χ4n) is 2.93. The van der Waals surface area contributed by atoms with E-state index in [0.29, 0.717) is 19.0 Å². The van der Waals surface area contributed by atoms with Crippen LogP contribution in [0.25, 0.3) is 0 Å². The fraction of sp³-hybridized carbons (Fsp3) is 0.692. The molecule has 2 rings (SSSR count). The molecule has 1 heterocycles. The Morgan fingerprint density at radius 2 is 2.10 bits per heavy atom. The molecule has 0 saturated heterocycles. The Labute approximate surface area is 116 Å². The van der Waals surface area contributed by atoms with Crippen molar-refractivity contribution in [2.24, 2.45) is 11.8 Å². The molecular weight excluding hydrogens is 260 g/mol. The maximum absolute atomic E-state index is 11.8. The van der Waals surface area contributed by atoms with Crippen LogP contribution in [0.3, 0.4) is 0 Å². The second kappa shape index (κ2) is 6.13. The van der Waals surface area contributed by atoms with E-state index >= 15 is 0 Å². The number of aliphatic hydroxyl groups excluding tert-OH is 1. The van der Waals surface area contributed by atoms with Gasteiger partial charge in [-0.3, -0.25) is 14.3 Å². The van der Waals surface area contributed by atoms with Crippen molar-refractivity contribution >= 4 is 11.5 Å². The average molecular weight is 282 g/mol. The first-order valence-corrected chi connectivity index (χ1v) is 7.05. The first-order valence-electron chi connectivity index (χ1n) is 7.05. The molecule has 2 unspecified atom stereocenters. The molecule has 1 aliphatic rings. The van der Waals surface area contributed by atoms with E-state index in [1.165, 1.54) is 4.57 Å². The van der Waals surface area contributed by atoms with Crippen molar-refractivity contribution in [3.05, 3.63) is 20.8 Å². The molecule has 1 aromatic rings. The average Bonchev–Trinajstić information content (AvgIpc) is 2.86. The third-order valence-electron chi connectivity index (χ3n) is 4.15. The minimum atomic E-state index is -0.491. The quantitative estimate of drug-likeness (QED) is 0.605. The summed E-state index contributed by atoms with van der Waals surface area (Å²) in [6, 6.07) is 0. The van der Waals surface area contributed by atoms with E-state index in [-0.39, 0.29) is 24.0 Å². The molecule has 0 aromatic carbocycles. The highest BCUT2D eigenvalue weighted by Crippen LogP contribution is 2.31. The Kier molecular flexibility index (Phi) is 4.49. The van der Waals surface area contributed by atoms with Crippen molar-refractivity contribution in [3.63, 3.8) is 0 Å². The second-order valence-corrected chi connectivity index (χ2v) is 5.28. The predicted molar refractivity (Wildman–Crippen MR) is 77.8 cm³/mol. The number of nitrogens with zero attached hydrogens (tertiary/aromatic N) is 1. The molecule has 2 atom stereocenters. The van der Waals surface area contributed by atoms with Gasteiger partial charge in [-0.1, -0.05) is 6.42 Å². The summed E-state index contributed by atoms with van der Waals surface area (Å²) < 4.78 is 1.32. The summed E-state index contributed by atoms with van der Waals surface area (Å²) in [6.45, 7) is 2.95. The van der Waals surface area contributed by atoms with Crippen LogP contribution in [0.15, 0.2) is 9.59 Å². The van der Waals surface area contributed by atoms with E-state index in [4.69, 9.17) is 5.73 Å². The Hall–Kier alpha value is -1.76. The van der Waals surface area contributed by atoms with E-state index in [1.54, 1.807) is 6.92 Å². The summed E-state index contributed by atoms with van der Waals surface area (Å²) in [4.78, 5) is 25.7. The lowest BCUT2D eigenvalue weighted by Crippen LogP contribution is -2.34. The lowest BCUT2D eigenvalue weighted by atomic mass is 9.97. The number of nitrogens with two attached hydrogens (primary N) is 1. The van der Waals surface area contributed by atoms with E-state index in [0.717, 1.165) is 19.3 Å². The molecule has 0 spiro atoms. The molecule has 1 aliphatic carbocycles. The number of aromatic amines is 1. The van der Waals surface area contributed by atoms with E-state index in [2.05, 4.69) is 10.3 Å². The van der Waals surface area contributed by atoms with E-state index in [9.17, 15) is 14.7 Å². The van der Waals surface area contributed by atoms with Crippen molar-refractivity contribution < 1.29 is 5.11 Å². The molecule has 7 heteroatoms. The third-order valence-corrected chi connectivity index (χ3v) is 4.15. The van der Waals surface area contributed by atoms with Crippen molar-refractivity contribution in [3.8, 4) is 0 Å². The Balaban J connectivity index is 2.18. The third kappa shape index (κ3) is 2.72. The molecule has 1 fully saturated rings. The van der Waals surface area contributed by atoms with Crippen LogP contribution in [-0.2, 0) is 6.54 Å². The molecule has 112 valence electrons. The zero-order valence-corrected chi connectivity index (χ0v) is 11.7. The van der Waals surface area contributed by atoms with Crippen LogP contribution in [0.5, 0.6) is 0 Å². The van der Waals surface area contributed by atoms with Crippen LogP contribution in [0.1, 0.15) is 26.2 Å². The molecule has 1 aromatic heterocycles. The maximum atomic E-state index is 11.8. The normalized spacial score (nSPS) is 22.1. The zero-order valence-electron chi connectivity index (χ0n) is 11.7. The molecule has 0 aliphatic heterocycles.